The SMILES string of the molecule is CC.Cc1cc(C#CC2CC2)ccc1-c1cnn(C[C@H]2CCCCO2)c1.Cc1nn(C[C@H]2CCCCO2)cc1-c1cccc(C#CC2CC2)c1. The van der Waals surface area contributed by atoms with E-state index in [0.29, 0.717) is 24.0 Å². The standard InChI is InChI=1S/2C21H24N2O.C2H6/c1-16-21(15-23(22-16)14-20-7-2-3-12-24-20)19-6-4-5-18(13-19)11-10-17-8-9-17;1-16-12-18(8-7-17-5-6-17)9-10-21(16)19-13-22-23(14-19)15-20-4-2-3-11-24-20;1-2/h4-6,13,15,17,20H,2-3,7-9,12,14H2,1H3;9-10,12-14,17,20H,2-6,11,15H2,1H3;1-2H3/t2*20-;/m11./s1. The first-order chi connectivity index (χ1) is 24.6. The van der Waals surface area contributed by atoms with E-state index in [4.69, 9.17) is 14.6 Å². The van der Waals surface area contributed by atoms with E-state index in [1.54, 1.807) is 0 Å². The Morgan fingerprint density at radius 2 is 1.32 bits per heavy atom. The third kappa shape index (κ3) is 10.5. The summed E-state index contributed by atoms with van der Waals surface area (Å²) < 4.78 is 15.7. The molecule has 6 nitrogen and oxygen atoms in total. The van der Waals surface area contributed by atoms with Crippen molar-refractivity contribution in [2.45, 2.75) is 117 Å². The normalized spacial score (nSPS) is 19.8. The van der Waals surface area contributed by atoms with E-state index >= 15 is 0 Å². The van der Waals surface area contributed by atoms with Crippen LogP contribution in [0.15, 0.2) is 61.1 Å². The van der Waals surface area contributed by atoms with Crippen molar-refractivity contribution >= 4 is 0 Å². The topological polar surface area (TPSA) is 54.1 Å². The Morgan fingerprint density at radius 1 is 0.680 bits per heavy atom. The number of aromatic nitrogens is 4. The molecule has 0 unspecified atom stereocenters. The molecule has 0 amide bonds. The molecule has 50 heavy (non-hydrogen) atoms. The molecular weight excluding hydrogens is 617 g/mol. The Morgan fingerprint density at radius 3 is 1.92 bits per heavy atom. The van der Waals surface area contributed by atoms with E-state index in [9.17, 15) is 0 Å². The summed E-state index contributed by atoms with van der Waals surface area (Å²) in [5.41, 5.74) is 9.34. The summed E-state index contributed by atoms with van der Waals surface area (Å²) >= 11 is 0. The first-order valence-electron chi connectivity index (χ1n) is 19.1. The zero-order valence-electron chi connectivity index (χ0n) is 30.6. The molecule has 2 saturated heterocycles. The van der Waals surface area contributed by atoms with Gasteiger partial charge in [-0.15, -0.1) is 0 Å². The zero-order valence-corrected chi connectivity index (χ0v) is 30.6. The summed E-state index contributed by atoms with van der Waals surface area (Å²) in [7, 11) is 0. The van der Waals surface area contributed by atoms with Gasteiger partial charge in [-0.25, -0.2) is 0 Å². The van der Waals surface area contributed by atoms with E-state index in [0.717, 1.165) is 56.0 Å². The Bertz CT molecular complexity index is 1810. The molecule has 0 radical (unpaired) electrons. The molecule has 0 bridgehead atoms. The molecule has 0 spiro atoms. The molecule has 4 heterocycles. The molecule has 0 N–H and O–H groups in total. The fourth-order valence-corrected chi connectivity index (χ4v) is 6.47. The third-order valence-corrected chi connectivity index (χ3v) is 9.62. The lowest BCUT2D eigenvalue weighted by molar-refractivity contribution is 0.00384. The van der Waals surface area contributed by atoms with Crippen LogP contribution in [0.2, 0.25) is 0 Å². The highest BCUT2D eigenvalue weighted by Crippen LogP contribution is 2.29. The average Bonchev–Trinajstić information content (AvgIpc) is 4.08. The maximum atomic E-state index is 5.84. The minimum Gasteiger partial charge on any atom is -0.376 e. The van der Waals surface area contributed by atoms with E-state index < -0.39 is 0 Å². The second kappa shape index (κ2) is 17.7. The molecule has 2 aromatic heterocycles. The summed E-state index contributed by atoms with van der Waals surface area (Å²) in [6.45, 7) is 11.7. The summed E-state index contributed by atoms with van der Waals surface area (Å²) in [5, 5.41) is 9.22. The largest absolute Gasteiger partial charge is 0.376 e. The lowest BCUT2D eigenvalue weighted by Gasteiger charge is -2.22. The quantitative estimate of drug-likeness (QED) is 0.192. The van der Waals surface area contributed by atoms with Crippen molar-refractivity contribution in [3.05, 3.63) is 83.4 Å². The van der Waals surface area contributed by atoms with Gasteiger partial charge in [0.15, 0.2) is 0 Å². The van der Waals surface area contributed by atoms with Gasteiger partial charge in [-0.1, -0.05) is 55.7 Å². The van der Waals surface area contributed by atoms with Crippen LogP contribution in [-0.4, -0.2) is 45.0 Å². The molecule has 2 aromatic carbocycles. The van der Waals surface area contributed by atoms with Crippen LogP contribution in [0.3, 0.4) is 0 Å². The van der Waals surface area contributed by atoms with E-state index in [-0.39, 0.29) is 0 Å². The molecule has 8 rings (SSSR count). The predicted octanol–water partition coefficient (Wildman–Crippen LogP) is 9.40. The summed E-state index contributed by atoms with van der Waals surface area (Å²) in [5.74, 6) is 14.6. The first kappa shape index (κ1) is 35.7. The van der Waals surface area contributed by atoms with E-state index in [2.05, 4.69) is 97.5 Å². The van der Waals surface area contributed by atoms with E-state index in [1.165, 1.54) is 79.2 Å². The molecule has 2 aliphatic carbocycles. The highest BCUT2D eigenvalue weighted by molar-refractivity contribution is 5.68. The van der Waals surface area contributed by atoms with Crippen LogP contribution in [0.4, 0.5) is 0 Å². The number of benzene rings is 2. The van der Waals surface area contributed by atoms with Gasteiger partial charge in [-0.2, -0.15) is 10.2 Å². The maximum Gasteiger partial charge on any atom is 0.0770 e. The molecule has 2 saturated carbocycles. The van der Waals surface area contributed by atoms with Gasteiger partial charge in [0.1, 0.15) is 0 Å². The number of ether oxygens (including phenoxy) is 2. The summed E-state index contributed by atoms with van der Waals surface area (Å²) in [4.78, 5) is 0. The molecule has 4 aliphatic rings. The van der Waals surface area contributed by atoms with Gasteiger partial charge in [0.25, 0.3) is 0 Å². The van der Waals surface area contributed by atoms with Gasteiger partial charge in [-0.05, 0) is 119 Å². The second-order valence-electron chi connectivity index (χ2n) is 14.0. The van der Waals surface area contributed by atoms with Gasteiger partial charge < -0.3 is 9.47 Å². The predicted molar refractivity (Wildman–Crippen MR) is 203 cm³/mol. The van der Waals surface area contributed by atoms with Crippen LogP contribution < -0.4 is 0 Å². The van der Waals surface area contributed by atoms with Crippen molar-refractivity contribution in [3.63, 3.8) is 0 Å². The van der Waals surface area contributed by atoms with Gasteiger partial charge >= 0.3 is 0 Å². The van der Waals surface area contributed by atoms with Crippen molar-refractivity contribution in [1.82, 2.24) is 19.6 Å². The lowest BCUT2D eigenvalue weighted by Crippen LogP contribution is -2.24. The Labute approximate surface area is 300 Å². The average molecular weight is 671 g/mol. The van der Waals surface area contributed by atoms with Gasteiger partial charge in [0.05, 0.1) is 37.2 Å². The lowest BCUT2D eigenvalue weighted by atomic mass is 10.0. The Hall–Kier alpha value is -4.10. The van der Waals surface area contributed by atoms with Crippen LogP contribution in [0, 0.1) is 49.4 Å². The van der Waals surface area contributed by atoms with Gasteiger partial charge in [0.2, 0.25) is 0 Å². The van der Waals surface area contributed by atoms with Crippen molar-refractivity contribution in [1.29, 1.82) is 0 Å². The second-order valence-corrected chi connectivity index (χ2v) is 14.0. The fraction of sp³-hybridized carbons (Fsp3) is 0.500. The Balaban J connectivity index is 0.000000165. The summed E-state index contributed by atoms with van der Waals surface area (Å²) in [6, 6.07) is 15.0. The minimum absolute atomic E-state index is 0.307. The smallest absolute Gasteiger partial charge is 0.0770 e. The molecule has 4 fully saturated rings. The van der Waals surface area contributed by atoms with Gasteiger partial charge in [-0.3, -0.25) is 9.36 Å². The highest BCUT2D eigenvalue weighted by atomic mass is 16.5. The third-order valence-electron chi connectivity index (χ3n) is 9.62. The van der Waals surface area contributed by atoms with Crippen molar-refractivity contribution < 1.29 is 9.47 Å². The van der Waals surface area contributed by atoms with Crippen LogP contribution in [0.25, 0.3) is 22.3 Å². The number of hydrogen-bond acceptors (Lipinski definition) is 4. The molecule has 6 heteroatoms. The molecule has 262 valence electrons. The van der Waals surface area contributed by atoms with Gasteiger partial charge in [0, 0.05) is 59.7 Å². The molecule has 2 atom stereocenters. The molecule has 4 aromatic rings. The van der Waals surface area contributed by atoms with Crippen molar-refractivity contribution in [2.24, 2.45) is 11.8 Å². The van der Waals surface area contributed by atoms with Crippen LogP contribution in [-0.2, 0) is 22.6 Å². The highest BCUT2D eigenvalue weighted by Gasteiger charge is 2.19. The first-order valence-corrected chi connectivity index (χ1v) is 19.1. The number of rotatable bonds is 6. The zero-order chi connectivity index (χ0) is 34.7. The Kier molecular flexibility index (Phi) is 12.7. The van der Waals surface area contributed by atoms with Crippen LogP contribution >= 0.6 is 0 Å². The number of hydrogen-bond donors (Lipinski definition) is 0. The number of nitrogens with zero attached hydrogens (tertiary/aromatic N) is 4. The number of aryl methyl sites for hydroxylation is 2. The molecule has 2 aliphatic heterocycles. The maximum absolute atomic E-state index is 5.84. The van der Waals surface area contributed by atoms with Crippen LogP contribution in [0.5, 0.6) is 0 Å². The van der Waals surface area contributed by atoms with E-state index in [1.807, 2.05) is 29.4 Å². The monoisotopic (exact) mass is 670 g/mol. The van der Waals surface area contributed by atoms with Crippen molar-refractivity contribution in [3.8, 4) is 45.9 Å². The molecular formula is C44H54N4O2. The van der Waals surface area contributed by atoms with Crippen molar-refractivity contribution in [2.75, 3.05) is 13.2 Å². The minimum atomic E-state index is 0.307. The van der Waals surface area contributed by atoms with Crippen LogP contribution in [0.1, 0.15) is 100 Å². The fourth-order valence-electron chi connectivity index (χ4n) is 6.47. The summed E-state index contributed by atoms with van der Waals surface area (Å²) in [6.07, 6.45) is 19.1.